The Kier molecular flexibility index (Phi) is 4.83. The van der Waals surface area contributed by atoms with E-state index in [0.29, 0.717) is 22.8 Å². The van der Waals surface area contributed by atoms with Crippen molar-refractivity contribution in [2.75, 3.05) is 19.5 Å². The van der Waals surface area contributed by atoms with Crippen LogP contribution in [0.25, 0.3) is 27.5 Å². The van der Waals surface area contributed by atoms with Crippen molar-refractivity contribution in [3.63, 3.8) is 0 Å². The minimum absolute atomic E-state index is 0.0659. The molecule has 0 atom stereocenters. The first-order valence-electron chi connectivity index (χ1n) is 8.94. The Morgan fingerprint density at radius 2 is 1.69 bits per heavy atom. The molecule has 0 aliphatic carbocycles. The molecule has 4 rings (SSSR count). The smallest absolute Gasteiger partial charge is 0.347 e. The third-order valence-corrected chi connectivity index (χ3v) is 4.64. The van der Waals surface area contributed by atoms with Crippen molar-refractivity contribution in [2.45, 2.75) is 0 Å². The van der Waals surface area contributed by atoms with E-state index < -0.39 is 5.63 Å². The lowest BCUT2D eigenvalue weighted by atomic mass is 10.0. The maximum absolute atomic E-state index is 12.4. The Bertz CT molecular complexity index is 1270. The molecule has 0 saturated heterocycles. The number of rotatable bonds is 5. The Morgan fingerprint density at radius 1 is 0.966 bits per heavy atom. The zero-order valence-electron chi connectivity index (χ0n) is 15.9. The summed E-state index contributed by atoms with van der Waals surface area (Å²) in [6.07, 6.45) is 1.33. The molecule has 0 aliphatic heterocycles. The highest BCUT2D eigenvalue weighted by molar-refractivity contribution is 6.05. The SMILES string of the molecule is COc1cc(N/C=C(\O)c2cc3c(ccc4ccccc43)oc2=O)cc(OC)c1. The van der Waals surface area contributed by atoms with Crippen LogP contribution in [0.15, 0.2) is 76.1 Å². The molecule has 0 bridgehead atoms. The van der Waals surface area contributed by atoms with Crippen LogP contribution in [-0.2, 0) is 0 Å². The molecule has 0 aliphatic rings. The first-order valence-corrected chi connectivity index (χ1v) is 8.94. The maximum Gasteiger partial charge on any atom is 0.347 e. The van der Waals surface area contributed by atoms with E-state index >= 15 is 0 Å². The first-order chi connectivity index (χ1) is 14.1. The van der Waals surface area contributed by atoms with E-state index in [1.165, 1.54) is 6.20 Å². The van der Waals surface area contributed by atoms with E-state index in [2.05, 4.69) is 5.32 Å². The average Bonchev–Trinajstić information content (AvgIpc) is 2.76. The Hall–Kier alpha value is -3.93. The van der Waals surface area contributed by atoms with Crippen molar-refractivity contribution >= 4 is 33.2 Å². The molecule has 0 amide bonds. The van der Waals surface area contributed by atoms with Crippen LogP contribution in [0.2, 0.25) is 0 Å². The van der Waals surface area contributed by atoms with Crippen LogP contribution in [0.5, 0.6) is 11.5 Å². The molecule has 0 fully saturated rings. The summed E-state index contributed by atoms with van der Waals surface area (Å²) in [5.74, 6) is 0.947. The normalized spacial score (nSPS) is 11.6. The molecular weight excluding hydrogens is 370 g/mol. The summed E-state index contributed by atoms with van der Waals surface area (Å²) in [5.41, 5.74) is 0.543. The Labute approximate surface area is 166 Å². The van der Waals surface area contributed by atoms with Crippen LogP contribution < -0.4 is 20.4 Å². The fraction of sp³-hybridized carbons (Fsp3) is 0.0870. The van der Waals surface area contributed by atoms with Gasteiger partial charge in [-0.1, -0.05) is 30.3 Å². The topological polar surface area (TPSA) is 80.9 Å². The minimum atomic E-state index is -0.619. The molecule has 1 heterocycles. The summed E-state index contributed by atoms with van der Waals surface area (Å²) in [6.45, 7) is 0. The number of benzene rings is 3. The second kappa shape index (κ2) is 7.59. The lowest BCUT2D eigenvalue weighted by Gasteiger charge is -2.09. The van der Waals surface area contributed by atoms with Gasteiger partial charge in [-0.3, -0.25) is 0 Å². The lowest BCUT2D eigenvalue weighted by Crippen LogP contribution is -2.07. The predicted octanol–water partition coefficient (Wildman–Crippen LogP) is 4.93. The molecule has 6 nitrogen and oxygen atoms in total. The van der Waals surface area contributed by atoms with Gasteiger partial charge in [-0.2, -0.15) is 0 Å². The molecule has 0 radical (unpaired) electrons. The number of ether oxygens (including phenoxy) is 2. The van der Waals surface area contributed by atoms with Crippen LogP contribution >= 0.6 is 0 Å². The van der Waals surface area contributed by atoms with Crippen molar-refractivity contribution in [1.82, 2.24) is 0 Å². The monoisotopic (exact) mass is 389 g/mol. The van der Waals surface area contributed by atoms with Crippen molar-refractivity contribution < 1.29 is 19.0 Å². The van der Waals surface area contributed by atoms with E-state index in [9.17, 15) is 9.90 Å². The van der Waals surface area contributed by atoms with Crippen molar-refractivity contribution in [3.8, 4) is 11.5 Å². The zero-order valence-corrected chi connectivity index (χ0v) is 15.9. The minimum Gasteiger partial charge on any atom is -0.506 e. The molecule has 146 valence electrons. The van der Waals surface area contributed by atoms with Gasteiger partial charge >= 0.3 is 5.63 Å². The number of methoxy groups -OCH3 is 2. The fourth-order valence-corrected chi connectivity index (χ4v) is 3.17. The van der Waals surface area contributed by atoms with Crippen LogP contribution in [0.4, 0.5) is 5.69 Å². The highest BCUT2D eigenvalue weighted by Gasteiger charge is 2.12. The third kappa shape index (κ3) is 3.60. The van der Waals surface area contributed by atoms with E-state index in [1.54, 1.807) is 44.6 Å². The standard InChI is InChI=1S/C23H19NO5/c1-27-16-9-15(10-17(11-16)28-2)24-13-21(25)20-12-19-18-6-4-3-5-14(18)7-8-22(19)29-23(20)26/h3-13,24-25H,1-2H3/b21-13-. The number of fused-ring (bicyclic) bond motifs is 3. The van der Waals surface area contributed by atoms with Gasteiger partial charge < -0.3 is 24.3 Å². The average molecular weight is 389 g/mol. The number of aliphatic hydroxyl groups is 1. The zero-order chi connectivity index (χ0) is 20.4. The number of anilines is 1. The molecule has 3 aromatic carbocycles. The van der Waals surface area contributed by atoms with Crippen LogP contribution in [0.1, 0.15) is 5.56 Å². The summed E-state index contributed by atoms with van der Waals surface area (Å²) in [6, 6.07) is 18.3. The molecule has 29 heavy (non-hydrogen) atoms. The van der Waals surface area contributed by atoms with Gasteiger partial charge in [-0.15, -0.1) is 0 Å². The quantitative estimate of drug-likeness (QED) is 0.286. The van der Waals surface area contributed by atoms with Gasteiger partial charge in [0.15, 0.2) is 0 Å². The molecule has 0 spiro atoms. The fourth-order valence-electron chi connectivity index (χ4n) is 3.17. The van der Waals surface area contributed by atoms with Gasteiger partial charge in [0.2, 0.25) is 0 Å². The van der Waals surface area contributed by atoms with Gasteiger partial charge in [0.25, 0.3) is 0 Å². The molecule has 0 unspecified atom stereocenters. The van der Waals surface area contributed by atoms with Gasteiger partial charge in [0.05, 0.1) is 14.2 Å². The van der Waals surface area contributed by atoms with Crippen molar-refractivity contribution in [3.05, 3.63) is 82.8 Å². The summed E-state index contributed by atoms with van der Waals surface area (Å²) in [7, 11) is 3.10. The first kappa shape index (κ1) is 18.4. The van der Waals surface area contributed by atoms with Crippen molar-refractivity contribution in [1.29, 1.82) is 0 Å². The van der Waals surface area contributed by atoms with E-state index in [-0.39, 0.29) is 11.3 Å². The summed E-state index contributed by atoms with van der Waals surface area (Å²) in [5, 5.41) is 16.2. The molecular formula is C23H19NO5. The van der Waals surface area contributed by atoms with Crippen LogP contribution in [0, 0.1) is 0 Å². The summed E-state index contributed by atoms with van der Waals surface area (Å²) < 4.78 is 15.9. The summed E-state index contributed by atoms with van der Waals surface area (Å²) in [4.78, 5) is 12.4. The van der Waals surface area contributed by atoms with Gasteiger partial charge in [0, 0.05) is 35.5 Å². The number of aliphatic hydroxyl groups excluding tert-OH is 1. The summed E-state index contributed by atoms with van der Waals surface area (Å²) >= 11 is 0. The van der Waals surface area contributed by atoms with Crippen molar-refractivity contribution in [2.24, 2.45) is 0 Å². The molecule has 2 N–H and O–H groups in total. The third-order valence-electron chi connectivity index (χ3n) is 4.64. The number of hydrogen-bond donors (Lipinski definition) is 2. The number of hydrogen-bond acceptors (Lipinski definition) is 6. The van der Waals surface area contributed by atoms with Crippen LogP contribution in [0.3, 0.4) is 0 Å². The van der Waals surface area contributed by atoms with Crippen LogP contribution in [-0.4, -0.2) is 19.3 Å². The number of nitrogens with one attached hydrogen (secondary N) is 1. The molecule has 4 aromatic rings. The lowest BCUT2D eigenvalue weighted by molar-refractivity contribution is 0.395. The van der Waals surface area contributed by atoms with Gasteiger partial charge in [0.1, 0.15) is 28.4 Å². The highest BCUT2D eigenvalue weighted by Crippen LogP contribution is 2.28. The Morgan fingerprint density at radius 3 is 2.41 bits per heavy atom. The largest absolute Gasteiger partial charge is 0.506 e. The van der Waals surface area contributed by atoms with Gasteiger partial charge in [-0.05, 0) is 22.9 Å². The predicted molar refractivity (Wildman–Crippen MR) is 114 cm³/mol. The molecule has 6 heteroatoms. The van der Waals surface area contributed by atoms with Gasteiger partial charge in [-0.25, -0.2) is 4.79 Å². The van der Waals surface area contributed by atoms with E-state index in [4.69, 9.17) is 13.9 Å². The molecule has 0 saturated carbocycles. The molecule has 1 aromatic heterocycles. The highest BCUT2D eigenvalue weighted by atomic mass is 16.5. The second-order valence-corrected chi connectivity index (χ2v) is 6.42. The maximum atomic E-state index is 12.4. The second-order valence-electron chi connectivity index (χ2n) is 6.42. The Balaban J connectivity index is 1.75. The van der Waals surface area contributed by atoms with E-state index in [1.807, 2.05) is 30.3 Å². The van der Waals surface area contributed by atoms with E-state index in [0.717, 1.165) is 16.2 Å².